The first-order valence-electron chi connectivity index (χ1n) is 4.96. The van der Waals surface area contributed by atoms with Gasteiger partial charge in [0.05, 0.1) is 11.3 Å². The minimum atomic E-state index is -0.531. The molecule has 0 atom stereocenters. The fourth-order valence-electron chi connectivity index (χ4n) is 1.31. The van der Waals surface area contributed by atoms with Gasteiger partial charge in [0.25, 0.3) is 5.91 Å². The average Bonchev–Trinajstić information content (AvgIpc) is 2.35. The van der Waals surface area contributed by atoms with Crippen molar-refractivity contribution in [1.29, 1.82) is 0 Å². The zero-order chi connectivity index (χ0) is 13.1. The standard InChI is InChI=1S/C11H9ClN4O2/c12-8-4-5-9(16-15-8)14-11(18)6-2-1-3-7(13)10(6)17/h1-5,17H,13H2,(H,14,16,18). The van der Waals surface area contributed by atoms with Crippen molar-refractivity contribution >= 4 is 29.0 Å². The number of nitrogens with two attached hydrogens (primary N) is 1. The Morgan fingerprint density at radius 1 is 1.28 bits per heavy atom. The smallest absolute Gasteiger partial charge is 0.260 e. The summed E-state index contributed by atoms with van der Waals surface area (Å²) in [5.41, 5.74) is 5.69. The van der Waals surface area contributed by atoms with Crippen molar-refractivity contribution in [2.45, 2.75) is 0 Å². The summed E-state index contributed by atoms with van der Waals surface area (Å²) in [5, 5.41) is 19.6. The first-order valence-corrected chi connectivity index (χ1v) is 5.34. The molecule has 18 heavy (non-hydrogen) atoms. The lowest BCUT2D eigenvalue weighted by Crippen LogP contribution is -2.13. The molecule has 92 valence electrons. The lowest BCUT2D eigenvalue weighted by Gasteiger charge is -2.07. The number of rotatable bonds is 2. The van der Waals surface area contributed by atoms with Crippen LogP contribution in [0.3, 0.4) is 0 Å². The summed E-state index contributed by atoms with van der Waals surface area (Å²) < 4.78 is 0. The van der Waals surface area contributed by atoms with Crippen LogP contribution >= 0.6 is 11.6 Å². The van der Waals surface area contributed by atoms with Gasteiger partial charge in [0.1, 0.15) is 0 Å². The monoisotopic (exact) mass is 264 g/mol. The number of para-hydroxylation sites is 1. The number of phenols is 1. The van der Waals surface area contributed by atoms with Gasteiger partial charge in [-0.2, -0.15) is 0 Å². The highest BCUT2D eigenvalue weighted by Gasteiger charge is 2.13. The minimum Gasteiger partial charge on any atom is -0.505 e. The molecule has 2 aromatic rings. The molecule has 4 N–H and O–H groups in total. The minimum absolute atomic E-state index is 0.0618. The molecule has 7 heteroatoms. The Bertz CT molecular complexity index is 586. The predicted octanol–water partition coefficient (Wildman–Crippen LogP) is 1.67. The van der Waals surface area contributed by atoms with Gasteiger partial charge in [-0.3, -0.25) is 4.79 Å². The Morgan fingerprint density at radius 2 is 2.06 bits per heavy atom. The van der Waals surface area contributed by atoms with E-state index in [-0.39, 0.29) is 28.0 Å². The third-order valence-electron chi connectivity index (χ3n) is 2.19. The van der Waals surface area contributed by atoms with Crippen LogP contribution in [0.5, 0.6) is 5.75 Å². The number of hydrogen-bond acceptors (Lipinski definition) is 5. The topological polar surface area (TPSA) is 101 Å². The Kier molecular flexibility index (Phi) is 3.29. The number of carbonyl (C=O) groups excluding carboxylic acids is 1. The van der Waals surface area contributed by atoms with Gasteiger partial charge in [0, 0.05) is 0 Å². The number of hydrogen-bond donors (Lipinski definition) is 3. The molecule has 2 rings (SSSR count). The molecule has 1 aromatic carbocycles. The lowest BCUT2D eigenvalue weighted by molar-refractivity contribution is 0.102. The molecular weight excluding hydrogens is 256 g/mol. The number of anilines is 2. The van der Waals surface area contributed by atoms with Crippen LogP contribution in [-0.4, -0.2) is 21.2 Å². The number of nitrogens with zero attached hydrogens (tertiary/aromatic N) is 2. The molecule has 6 nitrogen and oxygen atoms in total. The van der Waals surface area contributed by atoms with E-state index in [1.807, 2.05) is 0 Å². The Labute approximate surface area is 107 Å². The number of carbonyl (C=O) groups is 1. The maximum absolute atomic E-state index is 11.8. The van der Waals surface area contributed by atoms with E-state index in [1.54, 1.807) is 6.07 Å². The maximum Gasteiger partial charge on any atom is 0.260 e. The van der Waals surface area contributed by atoms with Crippen LogP contribution in [0.4, 0.5) is 11.5 Å². The van der Waals surface area contributed by atoms with Crippen molar-refractivity contribution in [3.8, 4) is 5.75 Å². The number of phenolic OH excluding ortho intramolecular Hbond substituents is 1. The Balaban J connectivity index is 2.22. The van der Waals surface area contributed by atoms with Crippen molar-refractivity contribution in [1.82, 2.24) is 10.2 Å². The molecule has 0 saturated heterocycles. The summed E-state index contributed by atoms with van der Waals surface area (Å²) >= 11 is 5.57. The fraction of sp³-hybridized carbons (Fsp3) is 0. The molecular formula is C11H9ClN4O2. The molecule has 0 aliphatic heterocycles. The number of aromatic hydroxyl groups is 1. The zero-order valence-corrected chi connectivity index (χ0v) is 9.85. The highest BCUT2D eigenvalue weighted by atomic mass is 35.5. The van der Waals surface area contributed by atoms with Crippen molar-refractivity contribution < 1.29 is 9.90 Å². The third-order valence-corrected chi connectivity index (χ3v) is 2.39. The number of aromatic nitrogens is 2. The second-order valence-corrected chi connectivity index (χ2v) is 3.83. The zero-order valence-electron chi connectivity index (χ0n) is 9.09. The summed E-state index contributed by atoms with van der Waals surface area (Å²) in [4.78, 5) is 11.8. The first-order chi connectivity index (χ1) is 8.58. The Morgan fingerprint density at radius 3 is 2.72 bits per heavy atom. The molecule has 0 aliphatic carbocycles. The summed E-state index contributed by atoms with van der Waals surface area (Å²) in [6, 6.07) is 7.50. The van der Waals surface area contributed by atoms with Crippen LogP contribution in [0, 0.1) is 0 Å². The molecule has 1 aromatic heterocycles. The van der Waals surface area contributed by atoms with E-state index < -0.39 is 5.91 Å². The van der Waals surface area contributed by atoms with Crippen molar-refractivity contribution in [3.63, 3.8) is 0 Å². The molecule has 1 amide bonds. The van der Waals surface area contributed by atoms with Gasteiger partial charge in [-0.05, 0) is 24.3 Å². The van der Waals surface area contributed by atoms with Crippen LogP contribution in [0.15, 0.2) is 30.3 Å². The van der Waals surface area contributed by atoms with Crippen molar-refractivity contribution in [2.75, 3.05) is 11.1 Å². The predicted molar refractivity (Wildman–Crippen MR) is 67.5 cm³/mol. The van der Waals surface area contributed by atoms with Crippen LogP contribution in [-0.2, 0) is 0 Å². The summed E-state index contributed by atoms with van der Waals surface area (Å²) in [7, 11) is 0. The third kappa shape index (κ3) is 2.49. The van der Waals surface area contributed by atoms with Crippen LogP contribution in [0.25, 0.3) is 0 Å². The van der Waals surface area contributed by atoms with Gasteiger partial charge in [-0.25, -0.2) is 0 Å². The number of benzene rings is 1. The van der Waals surface area contributed by atoms with E-state index in [2.05, 4.69) is 15.5 Å². The van der Waals surface area contributed by atoms with Crippen LogP contribution in [0.2, 0.25) is 5.15 Å². The van der Waals surface area contributed by atoms with E-state index in [1.165, 1.54) is 24.3 Å². The van der Waals surface area contributed by atoms with E-state index in [9.17, 15) is 9.90 Å². The van der Waals surface area contributed by atoms with Gasteiger partial charge in [-0.15, -0.1) is 10.2 Å². The largest absolute Gasteiger partial charge is 0.505 e. The van der Waals surface area contributed by atoms with Gasteiger partial charge >= 0.3 is 0 Å². The summed E-state index contributed by atoms with van der Waals surface area (Å²) in [6.45, 7) is 0. The SMILES string of the molecule is Nc1cccc(C(=O)Nc2ccc(Cl)nn2)c1O. The molecule has 1 heterocycles. The van der Waals surface area contributed by atoms with E-state index >= 15 is 0 Å². The number of nitrogen functional groups attached to an aromatic ring is 1. The lowest BCUT2D eigenvalue weighted by atomic mass is 10.1. The molecule has 0 fully saturated rings. The molecule has 0 radical (unpaired) electrons. The van der Waals surface area contributed by atoms with Crippen molar-refractivity contribution in [2.24, 2.45) is 0 Å². The molecule has 0 bridgehead atoms. The number of amides is 1. The van der Waals surface area contributed by atoms with E-state index in [0.717, 1.165) is 0 Å². The Hall–Kier alpha value is -2.34. The van der Waals surface area contributed by atoms with E-state index in [0.29, 0.717) is 0 Å². The van der Waals surface area contributed by atoms with Gasteiger partial charge < -0.3 is 16.2 Å². The van der Waals surface area contributed by atoms with Crippen LogP contribution < -0.4 is 11.1 Å². The number of nitrogens with one attached hydrogen (secondary N) is 1. The highest BCUT2D eigenvalue weighted by Crippen LogP contribution is 2.24. The second-order valence-electron chi connectivity index (χ2n) is 3.44. The van der Waals surface area contributed by atoms with Gasteiger partial charge in [0.2, 0.25) is 0 Å². The summed E-state index contributed by atoms with van der Waals surface area (Å²) in [5.74, 6) is -0.570. The molecule has 0 spiro atoms. The molecule has 0 saturated carbocycles. The average molecular weight is 265 g/mol. The van der Waals surface area contributed by atoms with Crippen LogP contribution in [0.1, 0.15) is 10.4 Å². The maximum atomic E-state index is 11.8. The highest BCUT2D eigenvalue weighted by molar-refractivity contribution is 6.29. The quantitative estimate of drug-likeness (QED) is 0.566. The van der Waals surface area contributed by atoms with Gasteiger partial charge in [-0.1, -0.05) is 17.7 Å². The normalized spacial score (nSPS) is 10.1. The summed E-state index contributed by atoms with van der Waals surface area (Å²) in [6.07, 6.45) is 0. The van der Waals surface area contributed by atoms with Crippen molar-refractivity contribution in [3.05, 3.63) is 41.0 Å². The van der Waals surface area contributed by atoms with E-state index in [4.69, 9.17) is 17.3 Å². The molecule has 0 aliphatic rings. The van der Waals surface area contributed by atoms with Gasteiger partial charge in [0.15, 0.2) is 16.7 Å². The molecule has 0 unspecified atom stereocenters. The first kappa shape index (κ1) is 12.1. The number of halogens is 1. The second kappa shape index (κ2) is 4.89. The fourth-order valence-corrected chi connectivity index (χ4v) is 1.41.